The molecule has 3 N–H and O–H groups in total. The number of rotatable bonds is 7. The fourth-order valence-corrected chi connectivity index (χ4v) is 4.53. The van der Waals surface area contributed by atoms with E-state index in [-0.39, 0.29) is 11.5 Å². The lowest BCUT2D eigenvalue weighted by Crippen LogP contribution is -2.51. The Morgan fingerprint density at radius 3 is 2.58 bits per heavy atom. The number of benzene rings is 2. The number of nitrogens with zero attached hydrogens (tertiary/aromatic N) is 3. The van der Waals surface area contributed by atoms with Crippen molar-refractivity contribution in [3.8, 4) is 11.3 Å². The van der Waals surface area contributed by atoms with E-state index in [1.165, 1.54) is 18.7 Å². The van der Waals surface area contributed by atoms with Gasteiger partial charge in [0.2, 0.25) is 0 Å². The number of hydrogen-bond acceptors (Lipinski definition) is 7. The number of hydrogen-bond donors (Lipinski definition) is 2. The van der Waals surface area contributed by atoms with Gasteiger partial charge in [0.1, 0.15) is 11.5 Å². The minimum atomic E-state index is -0.366. The van der Waals surface area contributed by atoms with Gasteiger partial charge < -0.3 is 20.7 Å². The van der Waals surface area contributed by atoms with Crippen LogP contribution < -0.4 is 16.0 Å². The van der Waals surface area contributed by atoms with Crippen LogP contribution in [0.2, 0.25) is 10.0 Å². The lowest BCUT2D eigenvalue weighted by Gasteiger charge is -2.40. The molecule has 7 nitrogen and oxygen atoms in total. The number of nitrogen functional groups attached to an aromatic ring is 1. The van der Waals surface area contributed by atoms with E-state index < -0.39 is 0 Å². The lowest BCUT2D eigenvalue weighted by molar-refractivity contribution is -0.134. The topological polar surface area (TPSA) is 93.4 Å². The summed E-state index contributed by atoms with van der Waals surface area (Å²) >= 11 is 12.5. The molecule has 1 aromatic heterocycles. The molecule has 36 heavy (non-hydrogen) atoms. The van der Waals surface area contributed by atoms with Gasteiger partial charge in [-0.25, -0.2) is 14.8 Å². The first-order valence-electron chi connectivity index (χ1n) is 11.7. The number of aromatic nitrogens is 2. The molecule has 0 aliphatic carbocycles. The number of carbonyl (C=O) groups is 1. The third-order valence-corrected chi connectivity index (χ3v) is 7.32. The second-order valence-corrected chi connectivity index (χ2v) is 9.85. The van der Waals surface area contributed by atoms with Gasteiger partial charge in [0.25, 0.3) is 0 Å². The van der Waals surface area contributed by atoms with Crippen molar-refractivity contribution >= 4 is 46.9 Å². The molecule has 0 saturated carbocycles. The highest BCUT2D eigenvalue weighted by Crippen LogP contribution is 2.35. The van der Waals surface area contributed by atoms with Gasteiger partial charge in [-0.15, -0.1) is 0 Å². The highest BCUT2D eigenvalue weighted by molar-refractivity contribution is 6.43. The van der Waals surface area contributed by atoms with Crippen LogP contribution >= 0.6 is 23.2 Å². The Morgan fingerprint density at radius 2 is 1.92 bits per heavy atom. The minimum Gasteiger partial charge on any atom is -0.466 e. The molecule has 188 valence electrons. The predicted molar refractivity (Wildman–Crippen MR) is 146 cm³/mol. The van der Waals surface area contributed by atoms with Crippen LogP contribution in [-0.4, -0.2) is 41.7 Å². The quantitative estimate of drug-likeness (QED) is 0.316. The largest absolute Gasteiger partial charge is 0.466 e. The van der Waals surface area contributed by atoms with E-state index in [1.54, 1.807) is 18.3 Å². The molecule has 1 fully saturated rings. The Labute approximate surface area is 221 Å². The van der Waals surface area contributed by atoms with Crippen LogP contribution in [0.4, 0.5) is 11.6 Å². The third-order valence-electron chi connectivity index (χ3n) is 6.50. The Morgan fingerprint density at radius 1 is 1.19 bits per heavy atom. The lowest BCUT2D eigenvalue weighted by atomic mass is 9.89. The molecule has 3 aromatic rings. The zero-order valence-corrected chi connectivity index (χ0v) is 21.8. The number of piperidine rings is 1. The molecular weight excluding hydrogens is 497 g/mol. The predicted octanol–water partition coefficient (Wildman–Crippen LogP) is 5.37. The zero-order chi connectivity index (χ0) is 25.7. The van der Waals surface area contributed by atoms with E-state index in [4.69, 9.17) is 28.9 Å². The highest BCUT2D eigenvalue weighted by atomic mass is 35.5. The van der Waals surface area contributed by atoms with Crippen molar-refractivity contribution in [3.05, 3.63) is 75.9 Å². The summed E-state index contributed by atoms with van der Waals surface area (Å²) < 4.78 is 4.62. The van der Waals surface area contributed by atoms with E-state index in [2.05, 4.69) is 44.0 Å². The smallest absolute Gasteiger partial charge is 0.330 e. The van der Waals surface area contributed by atoms with Gasteiger partial charge in [0.05, 0.1) is 23.4 Å². The van der Waals surface area contributed by atoms with E-state index in [1.807, 2.05) is 24.3 Å². The second-order valence-electron chi connectivity index (χ2n) is 9.06. The summed E-state index contributed by atoms with van der Waals surface area (Å²) in [6.07, 6.45) is 6.81. The molecule has 0 spiro atoms. The van der Waals surface area contributed by atoms with Gasteiger partial charge in [0, 0.05) is 36.8 Å². The Hall–Kier alpha value is -3.13. The van der Waals surface area contributed by atoms with Crippen molar-refractivity contribution < 1.29 is 9.53 Å². The zero-order valence-electron chi connectivity index (χ0n) is 20.3. The number of anilines is 2. The van der Waals surface area contributed by atoms with Crippen molar-refractivity contribution in [2.45, 2.75) is 31.8 Å². The number of methoxy groups -OCH3 is 1. The van der Waals surface area contributed by atoms with Gasteiger partial charge in [0.15, 0.2) is 5.82 Å². The molecule has 1 aliphatic rings. The Bertz CT molecular complexity index is 1260. The van der Waals surface area contributed by atoms with Gasteiger partial charge >= 0.3 is 5.97 Å². The average molecular weight is 526 g/mol. The fourth-order valence-electron chi connectivity index (χ4n) is 4.14. The van der Waals surface area contributed by atoms with Crippen LogP contribution in [0.25, 0.3) is 17.3 Å². The van der Waals surface area contributed by atoms with Crippen molar-refractivity contribution in [1.82, 2.24) is 15.3 Å². The molecule has 0 atom stereocenters. The maximum absolute atomic E-state index is 11.2. The van der Waals surface area contributed by atoms with Crippen LogP contribution in [0, 0.1) is 0 Å². The van der Waals surface area contributed by atoms with Crippen molar-refractivity contribution in [1.29, 1.82) is 0 Å². The normalized spacial score (nSPS) is 15.3. The maximum atomic E-state index is 11.2. The fraction of sp³-hybridized carbons (Fsp3) is 0.296. The maximum Gasteiger partial charge on any atom is 0.330 e. The number of nitrogens with one attached hydrogen (secondary N) is 1. The first-order chi connectivity index (χ1) is 17.3. The van der Waals surface area contributed by atoms with Crippen molar-refractivity contribution in [2.75, 3.05) is 30.8 Å². The molecule has 1 aliphatic heterocycles. The summed E-state index contributed by atoms with van der Waals surface area (Å²) in [5.74, 6) is 0.718. The number of nitrogens with two attached hydrogens (primary N) is 1. The van der Waals surface area contributed by atoms with Gasteiger partial charge in [-0.2, -0.15) is 0 Å². The van der Waals surface area contributed by atoms with Gasteiger partial charge in [-0.3, -0.25) is 0 Å². The van der Waals surface area contributed by atoms with Crippen LogP contribution in [0.5, 0.6) is 0 Å². The molecule has 2 aromatic carbocycles. The molecule has 2 heterocycles. The van der Waals surface area contributed by atoms with E-state index in [0.717, 1.165) is 43.9 Å². The summed E-state index contributed by atoms with van der Waals surface area (Å²) in [5.41, 5.74) is 9.60. The number of esters is 1. The Balaban J connectivity index is 1.34. The molecule has 4 rings (SSSR count). The molecule has 1 saturated heterocycles. The number of halogens is 2. The van der Waals surface area contributed by atoms with E-state index in [0.29, 0.717) is 27.1 Å². The van der Waals surface area contributed by atoms with E-state index in [9.17, 15) is 4.79 Å². The van der Waals surface area contributed by atoms with Gasteiger partial charge in [-0.05, 0) is 43.0 Å². The molecule has 0 unspecified atom stereocenters. The SMILES string of the molecule is COC(=O)/C=C/c1ccc(CNC2(C)CCN(c3cnc(-c4cccc(Cl)c4Cl)c(N)n3)CC2)cc1. The second kappa shape index (κ2) is 11.3. The third kappa shape index (κ3) is 6.16. The number of ether oxygens (including phenoxy) is 1. The van der Waals surface area contributed by atoms with Crippen molar-refractivity contribution in [3.63, 3.8) is 0 Å². The summed E-state index contributed by atoms with van der Waals surface area (Å²) in [5, 5.41) is 4.58. The first kappa shape index (κ1) is 25.9. The molecule has 9 heteroatoms. The minimum absolute atomic E-state index is 0.00713. The Kier molecular flexibility index (Phi) is 8.14. The standard InChI is InChI=1S/C27H29Cl2N5O2/c1-27(32-16-19-8-6-18(7-9-19)10-11-23(35)36-2)12-14-34(15-13-27)22-17-31-25(26(30)33-22)20-4-3-5-21(28)24(20)29/h3-11,17,32H,12-16H2,1-2H3,(H2,30,33)/b11-10+. The monoisotopic (exact) mass is 525 g/mol. The van der Waals surface area contributed by atoms with Gasteiger partial charge in [-0.1, -0.05) is 59.6 Å². The molecule has 0 radical (unpaired) electrons. The molecular formula is C27H29Cl2N5O2. The summed E-state index contributed by atoms with van der Waals surface area (Å²) in [6.45, 7) is 4.69. The van der Waals surface area contributed by atoms with Crippen LogP contribution in [0.15, 0.2) is 54.7 Å². The van der Waals surface area contributed by atoms with Crippen LogP contribution in [0.1, 0.15) is 30.9 Å². The average Bonchev–Trinajstić information content (AvgIpc) is 2.89. The molecule has 0 amide bonds. The summed E-state index contributed by atoms with van der Waals surface area (Å²) in [4.78, 5) is 22.6. The van der Waals surface area contributed by atoms with Crippen LogP contribution in [-0.2, 0) is 16.1 Å². The van der Waals surface area contributed by atoms with E-state index >= 15 is 0 Å². The number of carbonyl (C=O) groups excluding carboxylic acids is 1. The van der Waals surface area contributed by atoms with Crippen molar-refractivity contribution in [2.24, 2.45) is 0 Å². The first-order valence-corrected chi connectivity index (χ1v) is 12.5. The highest BCUT2D eigenvalue weighted by Gasteiger charge is 2.30. The van der Waals surface area contributed by atoms with Crippen LogP contribution in [0.3, 0.4) is 0 Å². The summed E-state index contributed by atoms with van der Waals surface area (Å²) in [7, 11) is 1.37. The molecule has 0 bridgehead atoms. The summed E-state index contributed by atoms with van der Waals surface area (Å²) in [6, 6.07) is 13.5.